The van der Waals surface area contributed by atoms with E-state index in [0.29, 0.717) is 24.5 Å². The van der Waals surface area contributed by atoms with Gasteiger partial charge in [0, 0.05) is 6.08 Å². The van der Waals surface area contributed by atoms with Crippen molar-refractivity contribution in [2.75, 3.05) is 13.2 Å². The van der Waals surface area contributed by atoms with Crippen LogP contribution in [0, 0.1) is 0 Å². The van der Waals surface area contributed by atoms with Crippen molar-refractivity contribution in [2.45, 2.75) is 54.1 Å². The predicted molar refractivity (Wildman–Crippen MR) is 101 cm³/mol. The molecule has 1 rings (SSSR count). The van der Waals surface area contributed by atoms with Crippen LogP contribution >= 0.6 is 0 Å². The molecule has 0 amide bonds. The van der Waals surface area contributed by atoms with Gasteiger partial charge in [-0.2, -0.15) is 0 Å². The van der Waals surface area contributed by atoms with Gasteiger partial charge >= 0.3 is 11.9 Å². The average molecular weight is 352 g/mol. The molecule has 0 N–H and O–H groups in total. The zero-order chi connectivity index (χ0) is 17.1. The van der Waals surface area contributed by atoms with E-state index in [2.05, 4.69) is 6.58 Å². The first-order valence-electron chi connectivity index (χ1n) is 7.79. The summed E-state index contributed by atoms with van der Waals surface area (Å²) in [5.41, 5.74) is 0.508. The Morgan fingerprint density at radius 3 is 2.28 bits per heavy atom. The molecule has 1 atom stereocenters. The van der Waals surface area contributed by atoms with E-state index in [0.717, 1.165) is 25.3 Å². The summed E-state index contributed by atoms with van der Waals surface area (Å²) in [4.78, 5) is 22.7. The highest BCUT2D eigenvalue weighted by Crippen LogP contribution is 2.14. The smallest absolute Gasteiger partial charge is 0.338 e. The van der Waals surface area contributed by atoms with Crippen LogP contribution in [-0.2, 0) is 14.3 Å². The predicted octanol–water partition coefficient (Wildman–Crippen LogP) is 4.80. The molecule has 0 bridgehead atoms. The van der Waals surface area contributed by atoms with Crippen molar-refractivity contribution < 1.29 is 23.8 Å². The lowest BCUT2D eigenvalue weighted by Crippen LogP contribution is -2.13. The van der Waals surface area contributed by atoms with Crippen molar-refractivity contribution >= 4 is 11.9 Å². The third-order valence-corrected chi connectivity index (χ3v) is 3.19. The summed E-state index contributed by atoms with van der Waals surface area (Å²) in [5.74, 6) is -0.0473. The van der Waals surface area contributed by atoms with Gasteiger partial charge in [-0.05, 0) is 50.5 Å². The maximum absolute atomic E-state index is 11.8. The van der Waals surface area contributed by atoms with Crippen LogP contribution in [0.15, 0.2) is 36.9 Å². The number of carbonyl (C=O) groups excluding carboxylic acids is 2. The van der Waals surface area contributed by atoms with Crippen LogP contribution < -0.4 is 4.74 Å². The number of rotatable bonds is 10. The molecule has 0 aliphatic carbocycles. The van der Waals surface area contributed by atoms with Crippen LogP contribution in [0.4, 0.5) is 0 Å². The van der Waals surface area contributed by atoms with E-state index < -0.39 is 5.97 Å². The molecule has 0 fully saturated rings. The van der Waals surface area contributed by atoms with Crippen molar-refractivity contribution in [1.29, 1.82) is 0 Å². The summed E-state index contributed by atoms with van der Waals surface area (Å²) >= 11 is 0. The fraction of sp³-hybridized carbons (Fsp3) is 0.500. The SMILES string of the molecule is C.C.C=CC(=O)OCCCCOc1ccc(C(=O)OC(C)CC)cc1. The second-order valence-corrected chi connectivity index (χ2v) is 5.08. The van der Waals surface area contributed by atoms with Crippen LogP contribution in [0.5, 0.6) is 5.75 Å². The second-order valence-electron chi connectivity index (χ2n) is 5.08. The summed E-state index contributed by atoms with van der Waals surface area (Å²) in [7, 11) is 0. The minimum atomic E-state index is -0.411. The molecule has 0 aliphatic heterocycles. The molecule has 0 spiro atoms. The van der Waals surface area contributed by atoms with E-state index in [1.807, 2.05) is 13.8 Å². The topological polar surface area (TPSA) is 61.8 Å². The molecular weight excluding hydrogens is 320 g/mol. The second kappa shape index (κ2) is 14.1. The molecule has 0 radical (unpaired) electrons. The summed E-state index contributed by atoms with van der Waals surface area (Å²) < 4.78 is 15.7. The number of carbonyl (C=O) groups is 2. The molecular formula is C20H32O5. The Balaban J connectivity index is 0. The highest BCUT2D eigenvalue weighted by atomic mass is 16.5. The third-order valence-electron chi connectivity index (χ3n) is 3.19. The molecule has 1 unspecified atom stereocenters. The van der Waals surface area contributed by atoms with Crippen LogP contribution in [0.3, 0.4) is 0 Å². The number of hydrogen-bond acceptors (Lipinski definition) is 5. The highest BCUT2D eigenvalue weighted by Gasteiger charge is 2.10. The van der Waals surface area contributed by atoms with Crippen molar-refractivity contribution in [3.63, 3.8) is 0 Å². The molecule has 0 saturated heterocycles. The Labute approximate surface area is 152 Å². The molecule has 5 heteroatoms. The van der Waals surface area contributed by atoms with Crippen molar-refractivity contribution in [2.24, 2.45) is 0 Å². The Hall–Kier alpha value is -2.30. The minimum Gasteiger partial charge on any atom is -0.494 e. The number of hydrogen-bond donors (Lipinski definition) is 0. The zero-order valence-electron chi connectivity index (χ0n) is 13.7. The molecule has 1 aromatic carbocycles. The normalized spacial score (nSPS) is 10.5. The van der Waals surface area contributed by atoms with Gasteiger partial charge in [-0.1, -0.05) is 28.4 Å². The summed E-state index contributed by atoms with van der Waals surface area (Å²) in [5, 5.41) is 0. The van der Waals surface area contributed by atoms with Crippen molar-refractivity contribution in [3.05, 3.63) is 42.5 Å². The number of benzene rings is 1. The molecule has 142 valence electrons. The zero-order valence-corrected chi connectivity index (χ0v) is 13.7. The van der Waals surface area contributed by atoms with Crippen molar-refractivity contribution in [1.82, 2.24) is 0 Å². The lowest BCUT2D eigenvalue weighted by atomic mass is 10.2. The van der Waals surface area contributed by atoms with E-state index in [9.17, 15) is 9.59 Å². The van der Waals surface area contributed by atoms with E-state index >= 15 is 0 Å². The fourth-order valence-corrected chi connectivity index (χ4v) is 1.65. The van der Waals surface area contributed by atoms with E-state index in [-0.39, 0.29) is 26.9 Å². The summed E-state index contributed by atoms with van der Waals surface area (Å²) in [6, 6.07) is 6.85. The quantitative estimate of drug-likeness (QED) is 0.344. The highest BCUT2D eigenvalue weighted by molar-refractivity contribution is 5.89. The van der Waals surface area contributed by atoms with E-state index in [4.69, 9.17) is 14.2 Å². The number of ether oxygens (including phenoxy) is 3. The third kappa shape index (κ3) is 10.2. The van der Waals surface area contributed by atoms with Gasteiger partial charge in [-0.15, -0.1) is 0 Å². The molecule has 5 nitrogen and oxygen atoms in total. The number of esters is 2. The van der Waals surface area contributed by atoms with Gasteiger partial charge < -0.3 is 14.2 Å². The molecule has 25 heavy (non-hydrogen) atoms. The standard InChI is InChI=1S/C18H24O5.2CH4/c1-4-14(3)23-18(20)15-8-10-16(11-9-15)21-12-6-7-13-22-17(19)5-2;;/h5,8-11,14H,2,4,6-7,12-13H2,1,3H3;2*1H4. The minimum absolute atomic E-state index is 0. The van der Waals surface area contributed by atoms with Gasteiger partial charge in [0.05, 0.1) is 24.9 Å². The van der Waals surface area contributed by atoms with Gasteiger partial charge in [0.2, 0.25) is 0 Å². The molecule has 0 heterocycles. The van der Waals surface area contributed by atoms with Gasteiger partial charge in [0.15, 0.2) is 0 Å². The van der Waals surface area contributed by atoms with Crippen molar-refractivity contribution in [3.8, 4) is 5.75 Å². The first-order valence-corrected chi connectivity index (χ1v) is 7.79. The van der Waals surface area contributed by atoms with Gasteiger partial charge in [-0.3, -0.25) is 0 Å². The fourth-order valence-electron chi connectivity index (χ4n) is 1.65. The van der Waals surface area contributed by atoms with Gasteiger partial charge in [-0.25, -0.2) is 9.59 Å². The van der Waals surface area contributed by atoms with Crippen LogP contribution in [0.25, 0.3) is 0 Å². The molecule has 0 aliphatic rings. The first-order chi connectivity index (χ1) is 11.1. The Morgan fingerprint density at radius 2 is 1.72 bits per heavy atom. The average Bonchev–Trinajstić information content (AvgIpc) is 2.57. The van der Waals surface area contributed by atoms with Crippen LogP contribution in [0.1, 0.15) is 58.3 Å². The van der Waals surface area contributed by atoms with E-state index in [1.165, 1.54) is 0 Å². The Morgan fingerprint density at radius 1 is 1.12 bits per heavy atom. The van der Waals surface area contributed by atoms with Gasteiger partial charge in [0.1, 0.15) is 5.75 Å². The van der Waals surface area contributed by atoms with Gasteiger partial charge in [0.25, 0.3) is 0 Å². The Bertz CT molecular complexity index is 507. The van der Waals surface area contributed by atoms with E-state index in [1.54, 1.807) is 24.3 Å². The largest absolute Gasteiger partial charge is 0.494 e. The maximum Gasteiger partial charge on any atom is 0.338 e. The lowest BCUT2D eigenvalue weighted by Gasteiger charge is -2.11. The lowest BCUT2D eigenvalue weighted by molar-refractivity contribution is -0.137. The first kappa shape index (κ1) is 24.9. The number of unbranched alkanes of at least 4 members (excludes halogenated alkanes) is 1. The summed E-state index contributed by atoms with van der Waals surface area (Å²) in [6.07, 6.45) is 3.33. The summed E-state index contributed by atoms with van der Waals surface area (Å²) in [6.45, 7) is 8.02. The van der Waals surface area contributed by atoms with Crippen LogP contribution in [-0.4, -0.2) is 31.3 Å². The molecule has 0 saturated carbocycles. The Kier molecular flexibility index (Phi) is 14.0. The monoisotopic (exact) mass is 352 g/mol. The molecule has 0 aromatic heterocycles. The van der Waals surface area contributed by atoms with Crippen LogP contribution in [0.2, 0.25) is 0 Å². The molecule has 1 aromatic rings. The maximum atomic E-state index is 11.8.